The highest BCUT2D eigenvalue weighted by atomic mass is 16.5. The van der Waals surface area contributed by atoms with Gasteiger partial charge in [0, 0.05) is 6.92 Å². The number of phenolic OH excluding ortho intramolecular Hbond substituents is 1. The largest absolute Gasteiger partial charge is 0.508 e. The maximum Gasteiger partial charge on any atom is 0.308 e. The highest BCUT2D eigenvalue weighted by Gasteiger charge is 1.95. The zero-order valence-corrected chi connectivity index (χ0v) is 6.78. The van der Waals surface area contributed by atoms with Gasteiger partial charge >= 0.3 is 5.97 Å². The minimum atomic E-state index is -0.365. The van der Waals surface area contributed by atoms with E-state index in [-0.39, 0.29) is 17.9 Å². The Labute approximate surface area is 70.4 Å². The van der Waals surface area contributed by atoms with E-state index in [0.29, 0.717) is 5.75 Å². The molecule has 0 aliphatic heterocycles. The highest BCUT2D eigenvalue weighted by Crippen LogP contribution is 2.15. The Kier molecular flexibility index (Phi) is 3.79. The standard InChI is InChI=1S/C8H8O3.H3N/c1-6(9)11-8-4-2-7(10)3-5-8;/h2-5,10H,1H3;1H3. The first-order valence-electron chi connectivity index (χ1n) is 3.16. The molecule has 1 rings (SSSR count). The Morgan fingerprint density at radius 3 is 2.25 bits per heavy atom. The molecule has 0 aromatic heterocycles. The van der Waals surface area contributed by atoms with Crippen LogP contribution in [-0.4, -0.2) is 11.1 Å². The minimum Gasteiger partial charge on any atom is -0.508 e. The van der Waals surface area contributed by atoms with Gasteiger partial charge in [0.25, 0.3) is 0 Å². The second kappa shape index (κ2) is 4.35. The Bertz CT molecular complexity index is 256. The first kappa shape index (κ1) is 10.4. The minimum absolute atomic E-state index is 0. The zero-order valence-electron chi connectivity index (χ0n) is 6.78. The average Bonchev–Trinajstić information content (AvgIpc) is 1.93. The van der Waals surface area contributed by atoms with Gasteiger partial charge in [-0.3, -0.25) is 4.79 Å². The summed E-state index contributed by atoms with van der Waals surface area (Å²) < 4.78 is 4.72. The van der Waals surface area contributed by atoms with Gasteiger partial charge in [0.15, 0.2) is 0 Å². The van der Waals surface area contributed by atoms with Crippen LogP contribution in [0.4, 0.5) is 0 Å². The van der Waals surface area contributed by atoms with Gasteiger partial charge in [0.05, 0.1) is 0 Å². The number of esters is 1. The molecule has 66 valence electrons. The molecule has 0 heterocycles. The molecule has 0 aliphatic carbocycles. The normalized spacial score (nSPS) is 8.42. The molecule has 4 N–H and O–H groups in total. The number of rotatable bonds is 1. The molecule has 0 radical (unpaired) electrons. The van der Waals surface area contributed by atoms with E-state index in [4.69, 9.17) is 9.84 Å². The van der Waals surface area contributed by atoms with E-state index in [1.807, 2.05) is 0 Å². The van der Waals surface area contributed by atoms with E-state index < -0.39 is 0 Å². The summed E-state index contributed by atoms with van der Waals surface area (Å²) in [5.41, 5.74) is 0. The van der Waals surface area contributed by atoms with E-state index in [0.717, 1.165) is 0 Å². The van der Waals surface area contributed by atoms with E-state index in [2.05, 4.69) is 0 Å². The van der Waals surface area contributed by atoms with Crippen molar-refractivity contribution >= 4 is 5.97 Å². The van der Waals surface area contributed by atoms with E-state index in [1.165, 1.54) is 31.2 Å². The van der Waals surface area contributed by atoms with Crippen LogP contribution >= 0.6 is 0 Å². The van der Waals surface area contributed by atoms with Crippen molar-refractivity contribution in [3.63, 3.8) is 0 Å². The first-order valence-corrected chi connectivity index (χ1v) is 3.16. The van der Waals surface area contributed by atoms with Crippen LogP contribution in [0.3, 0.4) is 0 Å². The number of carbonyl (C=O) groups is 1. The van der Waals surface area contributed by atoms with Crippen LogP contribution in [0.1, 0.15) is 6.92 Å². The Morgan fingerprint density at radius 1 is 1.33 bits per heavy atom. The number of hydrogen-bond acceptors (Lipinski definition) is 4. The molecule has 1 aromatic carbocycles. The van der Waals surface area contributed by atoms with Crippen molar-refractivity contribution in [3.8, 4) is 11.5 Å². The molecule has 0 spiro atoms. The SMILES string of the molecule is CC(=O)Oc1ccc(O)cc1.N. The fraction of sp³-hybridized carbons (Fsp3) is 0.125. The van der Waals surface area contributed by atoms with Gasteiger partial charge in [0.2, 0.25) is 0 Å². The summed E-state index contributed by atoms with van der Waals surface area (Å²) >= 11 is 0. The van der Waals surface area contributed by atoms with Crippen LogP contribution in [0.15, 0.2) is 24.3 Å². The van der Waals surface area contributed by atoms with Gasteiger partial charge < -0.3 is 16.0 Å². The summed E-state index contributed by atoms with van der Waals surface area (Å²) in [5, 5.41) is 8.85. The van der Waals surface area contributed by atoms with E-state index in [9.17, 15) is 4.79 Å². The lowest BCUT2D eigenvalue weighted by Gasteiger charge is -1.99. The molecule has 0 fully saturated rings. The van der Waals surface area contributed by atoms with Gasteiger partial charge in [-0.25, -0.2) is 0 Å². The fourth-order valence-corrected chi connectivity index (χ4v) is 0.680. The Morgan fingerprint density at radius 2 is 1.83 bits per heavy atom. The monoisotopic (exact) mass is 169 g/mol. The van der Waals surface area contributed by atoms with Crippen molar-refractivity contribution in [2.75, 3.05) is 0 Å². The Balaban J connectivity index is 0.00000121. The molecule has 0 aliphatic rings. The summed E-state index contributed by atoms with van der Waals surface area (Å²) in [6.07, 6.45) is 0. The molecule has 0 unspecified atom stereocenters. The van der Waals surface area contributed by atoms with Crippen molar-refractivity contribution in [1.29, 1.82) is 0 Å². The second-order valence-electron chi connectivity index (χ2n) is 2.09. The van der Waals surface area contributed by atoms with Gasteiger partial charge in [-0.05, 0) is 24.3 Å². The number of carbonyl (C=O) groups excluding carboxylic acids is 1. The molecule has 0 saturated carbocycles. The number of aromatic hydroxyl groups is 1. The lowest BCUT2D eigenvalue weighted by atomic mass is 10.3. The molecule has 12 heavy (non-hydrogen) atoms. The Hall–Kier alpha value is -1.55. The van der Waals surface area contributed by atoms with E-state index in [1.54, 1.807) is 0 Å². The van der Waals surface area contributed by atoms with Crippen LogP contribution in [0.25, 0.3) is 0 Å². The van der Waals surface area contributed by atoms with Gasteiger partial charge in [-0.1, -0.05) is 0 Å². The fourth-order valence-electron chi connectivity index (χ4n) is 0.680. The third-order valence-corrected chi connectivity index (χ3v) is 1.10. The van der Waals surface area contributed by atoms with Crippen molar-refractivity contribution in [2.45, 2.75) is 6.92 Å². The lowest BCUT2D eigenvalue weighted by Crippen LogP contribution is -2.00. The van der Waals surface area contributed by atoms with Crippen LogP contribution in [0.2, 0.25) is 0 Å². The van der Waals surface area contributed by atoms with Crippen molar-refractivity contribution < 1.29 is 14.6 Å². The molecule has 0 amide bonds. The zero-order chi connectivity index (χ0) is 8.27. The molecular formula is C8H11NO3. The topological polar surface area (TPSA) is 81.5 Å². The van der Waals surface area contributed by atoms with E-state index >= 15 is 0 Å². The maximum absolute atomic E-state index is 10.4. The van der Waals surface area contributed by atoms with Gasteiger partial charge in [-0.15, -0.1) is 0 Å². The quantitative estimate of drug-likeness (QED) is 0.492. The van der Waals surface area contributed by atoms with Crippen LogP contribution in [-0.2, 0) is 4.79 Å². The van der Waals surface area contributed by atoms with Crippen LogP contribution in [0, 0.1) is 0 Å². The van der Waals surface area contributed by atoms with Crippen molar-refractivity contribution in [2.24, 2.45) is 0 Å². The first-order chi connectivity index (χ1) is 5.18. The molecule has 1 aromatic rings. The predicted molar refractivity (Wildman–Crippen MR) is 44.4 cm³/mol. The summed E-state index contributed by atoms with van der Waals surface area (Å²) in [7, 11) is 0. The van der Waals surface area contributed by atoms with Crippen molar-refractivity contribution in [3.05, 3.63) is 24.3 Å². The van der Waals surface area contributed by atoms with Gasteiger partial charge in [0.1, 0.15) is 11.5 Å². The number of benzene rings is 1. The summed E-state index contributed by atoms with van der Waals surface area (Å²) in [6, 6.07) is 5.96. The summed E-state index contributed by atoms with van der Waals surface area (Å²) in [5.74, 6) is 0.229. The number of hydrogen-bond donors (Lipinski definition) is 2. The highest BCUT2D eigenvalue weighted by molar-refractivity contribution is 5.69. The summed E-state index contributed by atoms with van der Waals surface area (Å²) in [6.45, 7) is 1.33. The number of ether oxygens (including phenoxy) is 1. The van der Waals surface area contributed by atoms with Crippen LogP contribution in [0.5, 0.6) is 11.5 Å². The summed E-state index contributed by atoms with van der Waals surface area (Å²) in [4.78, 5) is 10.4. The molecule has 4 nitrogen and oxygen atoms in total. The molecule has 0 saturated heterocycles. The molecule has 0 atom stereocenters. The second-order valence-corrected chi connectivity index (χ2v) is 2.09. The van der Waals surface area contributed by atoms with Crippen LogP contribution < -0.4 is 10.9 Å². The van der Waals surface area contributed by atoms with Crippen molar-refractivity contribution in [1.82, 2.24) is 6.15 Å². The third-order valence-electron chi connectivity index (χ3n) is 1.10. The average molecular weight is 169 g/mol. The third kappa shape index (κ3) is 3.03. The van der Waals surface area contributed by atoms with Gasteiger partial charge in [-0.2, -0.15) is 0 Å². The molecular weight excluding hydrogens is 158 g/mol. The smallest absolute Gasteiger partial charge is 0.308 e. The number of phenols is 1. The molecule has 4 heteroatoms. The maximum atomic E-state index is 10.4. The molecule has 0 bridgehead atoms. The predicted octanol–water partition coefficient (Wildman–Crippen LogP) is 1.48. The lowest BCUT2D eigenvalue weighted by molar-refractivity contribution is -0.131.